The van der Waals surface area contributed by atoms with Crippen molar-refractivity contribution in [3.05, 3.63) is 42.1 Å². The Kier molecular flexibility index (Phi) is 3.12. The molecule has 16 heavy (non-hydrogen) atoms. The van der Waals surface area contributed by atoms with E-state index < -0.39 is 0 Å². The number of rotatable bonds is 2. The first-order valence-electron chi connectivity index (χ1n) is 5.38. The van der Waals surface area contributed by atoms with Crippen molar-refractivity contribution in [3.63, 3.8) is 0 Å². The lowest BCUT2D eigenvalue weighted by atomic mass is 10.2. The minimum Gasteiger partial charge on any atom is -0.399 e. The molecule has 1 unspecified atom stereocenters. The van der Waals surface area contributed by atoms with Gasteiger partial charge in [-0.2, -0.15) is 0 Å². The average Bonchev–Trinajstić information content (AvgIpc) is 2.27. The third-order valence-electron chi connectivity index (χ3n) is 2.73. The lowest BCUT2D eigenvalue weighted by molar-refractivity contribution is 0.135. The van der Waals surface area contributed by atoms with Gasteiger partial charge in [0, 0.05) is 19.3 Å². The average molecular weight is 218 g/mol. The van der Waals surface area contributed by atoms with E-state index in [0.717, 1.165) is 18.9 Å². The van der Waals surface area contributed by atoms with Crippen LogP contribution >= 0.6 is 0 Å². The van der Waals surface area contributed by atoms with Gasteiger partial charge < -0.3 is 16.4 Å². The van der Waals surface area contributed by atoms with Gasteiger partial charge in [0.2, 0.25) is 0 Å². The van der Waals surface area contributed by atoms with E-state index in [1.165, 1.54) is 5.56 Å². The number of hydrogen-bond donors (Lipinski definition) is 2. The number of hydrogen-bond acceptors (Lipinski definition) is 4. The molecule has 0 fully saturated rings. The first-order chi connectivity index (χ1) is 7.65. The van der Waals surface area contributed by atoms with Gasteiger partial charge in [-0.15, -0.1) is 0 Å². The van der Waals surface area contributed by atoms with E-state index in [1.807, 2.05) is 43.6 Å². The third kappa shape index (κ3) is 2.53. The second-order valence-corrected chi connectivity index (χ2v) is 4.22. The monoisotopic (exact) mass is 218 g/mol. The number of anilines is 1. The van der Waals surface area contributed by atoms with E-state index in [2.05, 4.69) is 9.80 Å². The molecule has 0 bridgehead atoms. The molecule has 1 aromatic carbocycles. The summed E-state index contributed by atoms with van der Waals surface area (Å²) in [6.07, 6.45) is 4.01. The highest BCUT2D eigenvalue weighted by atomic mass is 15.3. The molecular weight excluding hydrogens is 200 g/mol. The molecule has 4 heteroatoms. The molecule has 4 N–H and O–H groups in total. The zero-order valence-electron chi connectivity index (χ0n) is 9.50. The summed E-state index contributed by atoms with van der Waals surface area (Å²) in [7, 11) is 2.04. The van der Waals surface area contributed by atoms with Gasteiger partial charge in [-0.25, -0.2) is 0 Å². The maximum Gasteiger partial charge on any atom is 0.0798 e. The van der Waals surface area contributed by atoms with Crippen molar-refractivity contribution >= 4 is 5.69 Å². The van der Waals surface area contributed by atoms with Crippen LogP contribution in [0.5, 0.6) is 0 Å². The molecule has 0 radical (unpaired) electrons. The predicted octanol–water partition coefficient (Wildman–Crippen LogP) is 0.772. The van der Waals surface area contributed by atoms with Crippen LogP contribution in [0.1, 0.15) is 5.56 Å². The quantitative estimate of drug-likeness (QED) is 0.720. The molecule has 86 valence electrons. The van der Waals surface area contributed by atoms with Crippen molar-refractivity contribution in [1.82, 2.24) is 9.80 Å². The largest absolute Gasteiger partial charge is 0.399 e. The van der Waals surface area contributed by atoms with E-state index >= 15 is 0 Å². The molecule has 2 rings (SSSR count). The van der Waals surface area contributed by atoms with Crippen molar-refractivity contribution in [2.24, 2.45) is 5.73 Å². The molecule has 0 saturated heterocycles. The molecule has 1 aliphatic rings. The minimum absolute atomic E-state index is 0.00578. The van der Waals surface area contributed by atoms with Crippen molar-refractivity contribution in [2.75, 3.05) is 19.5 Å². The third-order valence-corrected chi connectivity index (χ3v) is 2.73. The Hall–Kier alpha value is -1.52. The summed E-state index contributed by atoms with van der Waals surface area (Å²) < 4.78 is 0. The second-order valence-electron chi connectivity index (χ2n) is 4.22. The summed E-state index contributed by atoms with van der Waals surface area (Å²) in [5.41, 5.74) is 13.7. The van der Waals surface area contributed by atoms with Crippen LogP contribution in [-0.2, 0) is 6.54 Å². The predicted molar refractivity (Wildman–Crippen MR) is 66.1 cm³/mol. The zero-order chi connectivity index (χ0) is 11.5. The molecular formula is C12H18N4. The van der Waals surface area contributed by atoms with Crippen LogP contribution in [0, 0.1) is 0 Å². The zero-order valence-corrected chi connectivity index (χ0v) is 9.50. The summed E-state index contributed by atoms with van der Waals surface area (Å²) in [5, 5.41) is 0. The summed E-state index contributed by atoms with van der Waals surface area (Å²) in [4.78, 5) is 4.31. The fraction of sp³-hybridized carbons (Fsp3) is 0.333. The summed E-state index contributed by atoms with van der Waals surface area (Å²) >= 11 is 0. The number of benzene rings is 1. The molecule has 0 aliphatic carbocycles. The summed E-state index contributed by atoms with van der Waals surface area (Å²) in [5.74, 6) is 0. The fourth-order valence-electron chi connectivity index (χ4n) is 1.80. The molecule has 1 aliphatic heterocycles. The Bertz CT molecular complexity index is 371. The van der Waals surface area contributed by atoms with Crippen LogP contribution < -0.4 is 11.5 Å². The van der Waals surface area contributed by atoms with Gasteiger partial charge in [0.05, 0.1) is 12.8 Å². The molecule has 0 saturated carbocycles. The van der Waals surface area contributed by atoms with Crippen LogP contribution in [0.4, 0.5) is 5.69 Å². The van der Waals surface area contributed by atoms with E-state index in [-0.39, 0.29) is 6.17 Å². The molecule has 0 aromatic heterocycles. The summed E-state index contributed by atoms with van der Waals surface area (Å²) in [6, 6.07) is 7.93. The van der Waals surface area contributed by atoms with Crippen molar-refractivity contribution in [2.45, 2.75) is 12.7 Å². The molecule has 1 atom stereocenters. The standard InChI is InChI=1S/C12H18N4/c1-15-7-6-12(14)16(9-15)8-10-2-4-11(13)5-3-10/h2-7,12H,8-9,13-14H2,1H3. The lowest BCUT2D eigenvalue weighted by Gasteiger charge is -2.34. The maximum absolute atomic E-state index is 6.01. The number of nitrogens with two attached hydrogens (primary N) is 2. The van der Waals surface area contributed by atoms with Gasteiger partial charge in [0.25, 0.3) is 0 Å². The van der Waals surface area contributed by atoms with Crippen molar-refractivity contribution in [1.29, 1.82) is 0 Å². The highest BCUT2D eigenvalue weighted by Crippen LogP contribution is 2.12. The van der Waals surface area contributed by atoms with Crippen LogP contribution in [0.15, 0.2) is 36.5 Å². The normalized spacial score (nSPS) is 21.4. The van der Waals surface area contributed by atoms with E-state index in [1.54, 1.807) is 0 Å². The highest BCUT2D eigenvalue weighted by Gasteiger charge is 2.16. The number of nitrogen functional groups attached to an aromatic ring is 1. The van der Waals surface area contributed by atoms with Gasteiger partial charge in [-0.1, -0.05) is 12.1 Å². The Morgan fingerprint density at radius 3 is 2.69 bits per heavy atom. The highest BCUT2D eigenvalue weighted by molar-refractivity contribution is 5.39. The van der Waals surface area contributed by atoms with E-state index in [4.69, 9.17) is 11.5 Å². The molecule has 0 amide bonds. The first-order valence-corrected chi connectivity index (χ1v) is 5.38. The SMILES string of the molecule is CN1C=CC(N)N(Cc2ccc(N)cc2)C1. The maximum atomic E-state index is 6.01. The topological polar surface area (TPSA) is 58.5 Å². The lowest BCUT2D eigenvalue weighted by Crippen LogP contribution is -2.47. The van der Waals surface area contributed by atoms with Gasteiger partial charge in [0.1, 0.15) is 0 Å². The number of nitrogens with zero attached hydrogens (tertiary/aromatic N) is 2. The van der Waals surface area contributed by atoms with Gasteiger partial charge in [-0.05, 0) is 30.0 Å². The Morgan fingerprint density at radius 2 is 2.00 bits per heavy atom. The van der Waals surface area contributed by atoms with Crippen LogP contribution in [0.25, 0.3) is 0 Å². The Labute approximate surface area is 96.1 Å². The smallest absolute Gasteiger partial charge is 0.0798 e. The summed E-state index contributed by atoms with van der Waals surface area (Å²) in [6.45, 7) is 1.69. The fourth-order valence-corrected chi connectivity index (χ4v) is 1.80. The van der Waals surface area contributed by atoms with Crippen molar-refractivity contribution in [3.8, 4) is 0 Å². The van der Waals surface area contributed by atoms with E-state index in [9.17, 15) is 0 Å². The molecule has 1 aromatic rings. The Morgan fingerprint density at radius 1 is 1.31 bits per heavy atom. The molecule has 4 nitrogen and oxygen atoms in total. The second kappa shape index (κ2) is 4.55. The van der Waals surface area contributed by atoms with E-state index in [0.29, 0.717) is 0 Å². The van der Waals surface area contributed by atoms with Crippen molar-refractivity contribution < 1.29 is 0 Å². The molecule has 1 heterocycles. The molecule has 0 spiro atoms. The van der Waals surface area contributed by atoms with Gasteiger partial charge in [0.15, 0.2) is 0 Å². The Balaban J connectivity index is 2.04. The van der Waals surface area contributed by atoms with Crippen LogP contribution in [0.3, 0.4) is 0 Å². The van der Waals surface area contributed by atoms with Gasteiger partial charge >= 0.3 is 0 Å². The van der Waals surface area contributed by atoms with Crippen LogP contribution in [-0.4, -0.2) is 29.7 Å². The van der Waals surface area contributed by atoms with Crippen LogP contribution in [0.2, 0.25) is 0 Å². The first kappa shape index (κ1) is 11.0. The minimum atomic E-state index is -0.00578. The van der Waals surface area contributed by atoms with Gasteiger partial charge in [-0.3, -0.25) is 4.90 Å².